The highest BCUT2D eigenvalue weighted by atomic mass is 19.1. The molecule has 3 unspecified atom stereocenters. The van der Waals surface area contributed by atoms with Crippen LogP contribution in [0.4, 0.5) is 4.39 Å². The first-order chi connectivity index (χ1) is 13.5. The zero-order chi connectivity index (χ0) is 19.8. The normalized spacial score (nSPS) is 21.6. The fourth-order valence-corrected chi connectivity index (χ4v) is 3.70. The number of benzene rings is 1. The van der Waals surface area contributed by atoms with Crippen molar-refractivity contribution in [3.63, 3.8) is 0 Å². The van der Waals surface area contributed by atoms with Gasteiger partial charge in [0.05, 0.1) is 11.6 Å². The molecular weight excluding hydrogens is 363 g/mol. The van der Waals surface area contributed by atoms with Gasteiger partial charge in [-0.1, -0.05) is 6.92 Å². The molecule has 7 nitrogen and oxygen atoms in total. The molecule has 1 fully saturated rings. The van der Waals surface area contributed by atoms with Crippen LogP contribution < -0.4 is 15.6 Å². The van der Waals surface area contributed by atoms with Crippen molar-refractivity contribution in [3.05, 3.63) is 46.5 Å². The zero-order valence-corrected chi connectivity index (χ0v) is 15.0. The predicted octanol–water partition coefficient (Wildman–Crippen LogP) is 2.19. The third-order valence-corrected chi connectivity index (χ3v) is 5.21. The Morgan fingerprint density at radius 2 is 2.11 bits per heavy atom. The second kappa shape index (κ2) is 6.93. The molecule has 0 spiro atoms. The number of rotatable bonds is 4. The van der Waals surface area contributed by atoms with Crippen LogP contribution in [0.25, 0.3) is 21.5 Å². The van der Waals surface area contributed by atoms with E-state index in [4.69, 9.17) is 4.74 Å². The molecule has 1 saturated heterocycles. The summed E-state index contributed by atoms with van der Waals surface area (Å²) in [6.07, 6.45) is 1.90. The van der Waals surface area contributed by atoms with Crippen LogP contribution in [-0.4, -0.2) is 34.7 Å². The summed E-state index contributed by atoms with van der Waals surface area (Å²) in [7, 11) is 0. The van der Waals surface area contributed by atoms with Crippen molar-refractivity contribution in [2.24, 2.45) is 5.92 Å². The minimum Gasteiger partial charge on any atom is -0.475 e. The van der Waals surface area contributed by atoms with Crippen molar-refractivity contribution >= 4 is 27.5 Å². The van der Waals surface area contributed by atoms with E-state index in [0.717, 1.165) is 5.39 Å². The molecule has 4 rings (SSSR count). The lowest BCUT2D eigenvalue weighted by Gasteiger charge is -2.18. The van der Waals surface area contributed by atoms with Gasteiger partial charge in [0, 0.05) is 34.5 Å². The van der Waals surface area contributed by atoms with Crippen LogP contribution in [0.1, 0.15) is 18.9 Å². The number of alkyl halides is 1. The number of nitrogens with one attached hydrogen (secondary N) is 2. The van der Waals surface area contributed by atoms with E-state index in [0.29, 0.717) is 34.0 Å². The van der Waals surface area contributed by atoms with Gasteiger partial charge in [-0.3, -0.25) is 9.59 Å². The van der Waals surface area contributed by atoms with Crippen LogP contribution in [0.2, 0.25) is 0 Å². The third kappa shape index (κ3) is 2.85. The summed E-state index contributed by atoms with van der Waals surface area (Å²) < 4.78 is 19.8. The molecule has 3 atom stereocenters. The van der Waals surface area contributed by atoms with Crippen LogP contribution in [0.15, 0.2) is 35.4 Å². The van der Waals surface area contributed by atoms with Gasteiger partial charge in [0.1, 0.15) is 12.7 Å². The van der Waals surface area contributed by atoms with E-state index >= 15 is 0 Å². The van der Waals surface area contributed by atoms with Gasteiger partial charge in [-0.25, -0.2) is 9.37 Å². The Bertz CT molecular complexity index is 1180. The summed E-state index contributed by atoms with van der Waals surface area (Å²) in [5, 5.41) is 14.2. The number of H-pyrrole nitrogens is 1. The lowest BCUT2D eigenvalue weighted by atomic mass is 9.97. The van der Waals surface area contributed by atoms with Crippen molar-refractivity contribution in [1.82, 2.24) is 15.3 Å². The first-order valence-electron chi connectivity index (χ1n) is 8.95. The number of ether oxygens (including phenoxy) is 1. The second-order valence-electron chi connectivity index (χ2n) is 6.78. The molecule has 0 bridgehead atoms. The maximum atomic E-state index is 14.0. The Morgan fingerprint density at radius 1 is 1.29 bits per heavy atom. The number of pyridine rings is 2. The molecule has 8 heteroatoms. The van der Waals surface area contributed by atoms with Crippen LogP contribution >= 0.6 is 0 Å². The van der Waals surface area contributed by atoms with Crippen LogP contribution in [0, 0.1) is 17.2 Å². The molecule has 0 aliphatic carbocycles. The van der Waals surface area contributed by atoms with Crippen molar-refractivity contribution in [2.45, 2.75) is 25.6 Å². The fourth-order valence-electron chi connectivity index (χ4n) is 3.70. The lowest BCUT2D eigenvalue weighted by molar-refractivity contribution is -0.123. The first kappa shape index (κ1) is 17.9. The molecule has 3 aromatic rings. The number of hydrogen-bond donors (Lipinski definition) is 2. The molecule has 0 saturated carbocycles. The standard InChI is InChI=1S/C20H17FN4O3/c1-2-12-16(25-19(27)17(12)21)9-28-20-14-6-13-11(7-22)8-24-18(26)15(13)5-10(14)3-4-23-20/h3-6,8,12,16-17H,2,9H2,1H3,(H,24,26)(H,25,27). The molecule has 28 heavy (non-hydrogen) atoms. The number of fused-ring (bicyclic) bond motifs is 2. The maximum absolute atomic E-state index is 14.0. The average molecular weight is 380 g/mol. The molecule has 1 aliphatic heterocycles. The van der Waals surface area contributed by atoms with Gasteiger partial charge < -0.3 is 15.0 Å². The van der Waals surface area contributed by atoms with E-state index in [1.807, 2.05) is 6.92 Å². The van der Waals surface area contributed by atoms with Crippen molar-refractivity contribution in [2.75, 3.05) is 6.61 Å². The number of halogens is 1. The summed E-state index contributed by atoms with van der Waals surface area (Å²) in [4.78, 5) is 30.5. The molecule has 2 N–H and O–H groups in total. The van der Waals surface area contributed by atoms with E-state index in [-0.39, 0.29) is 12.2 Å². The van der Waals surface area contributed by atoms with Gasteiger partial charge in [0.15, 0.2) is 6.17 Å². The first-order valence-corrected chi connectivity index (χ1v) is 8.95. The summed E-state index contributed by atoms with van der Waals surface area (Å²) in [6.45, 7) is 1.91. The molecule has 2 aromatic heterocycles. The van der Waals surface area contributed by atoms with Crippen molar-refractivity contribution in [1.29, 1.82) is 5.26 Å². The van der Waals surface area contributed by atoms with Gasteiger partial charge in [-0.05, 0) is 30.0 Å². The quantitative estimate of drug-likeness (QED) is 0.675. The fraction of sp³-hybridized carbons (Fsp3) is 0.300. The number of aromatic nitrogens is 2. The second-order valence-corrected chi connectivity index (χ2v) is 6.78. The highest BCUT2D eigenvalue weighted by molar-refractivity contribution is 6.01. The van der Waals surface area contributed by atoms with Gasteiger partial charge in [-0.15, -0.1) is 0 Å². The Balaban J connectivity index is 1.73. The predicted molar refractivity (Wildman–Crippen MR) is 101 cm³/mol. The van der Waals surface area contributed by atoms with E-state index in [1.165, 1.54) is 6.20 Å². The van der Waals surface area contributed by atoms with Crippen molar-refractivity contribution in [3.8, 4) is 11.9 Å². The molecule has 1 aliphatic rings. The SMILES string of the molecule is CCC1C(COc2nccc3cc4c(=O)[nH]cc(C#N)c4cc23)NC(=O)C1F. The lowest BCUT2D eigenvalue weighted by Crippen LogP contribution is -2.34. The van der Waals surface area contributed by atoms with Gasteiger partial charge >= 0.3 is 0 Å². The van der Waals surface area contributed by atoms with E-state index in [2.05, 4.69) is 21.4 Å². The molecule has 0 radical (unpaired) electrons. The number of nitriles is 1. The van der Waals surface area contributed by atoms with Crippen LogP contribution in [-0.2, 0) is 4.79 Å². The van der Waals surface area contributed by atoms with Gasteiger partial charge in [-0.2, -0.15) is 5.26 Å². The van der Waals surface area contributed by atoms with Gasteiger partial charge in [0.25, 0.3) is 11.5 Å². The number of carbonyl (C=O) groups excluding carboxylic acids is 1. The molecule has 3 heterocycles. The molecular formula is C20H17FN4O3. The summed E-state index contributed by atoms with van der Waals surface area (Å²) in [6, 6.07) is 6.74. The highest BCUT2D eigenvalue weighted by Gasteiger charge is 2.41. The number of nitrogens with zero attached hydrogens (tertiary/aromatic N) is 2. The minimum absolute atomic E-state index is 0.0787. The Labute approximate surface area is 159 Å². The Morgan fingerprint density at radius 3 is 2.86 bits per heavy atom. The van der Waals surface area contributed by atoms with E-state index in [1.54, 1.807) is 24.4 Å². The third-order valence-electron chi connectivity index (χ3n) is 5.21. The largest absolute Gasteiger partial charge is 0.475 e. The summed E-state index contributed by atoms with van der Waals surface area (Å²) in [5.74, 6) is -0.766. The molecule has 1 aromatic carbocycles. The Kier molecular flexibility index (Phi) is 4.43. The number of amides is 1. The van der Waals surface area contributed by atoms with Crippen LogP contribution in [0.5, 0.6) is 5.88 Å². The molecule has 142 valence electrons. The minimum atomic E-state index is -1.53. The monoisotopic (exact) mass is 380 g/mol. The highest BCUT2D eigenvalue weighted by Crippen LogP contribution is 2.29. The molecule has 1 amide bonds. The zero-order valence-electron chi connectivity index (χ0n) is 15.0. The van der Waals surface area contributed by atoms with Gasteiger partial charge in [0.2, 0.25) is 5.88 Å². The maximum Gasteiger partial charge on any atom is 0.255 e. The van der Waals surface area contributed by atoms with E-state index < -0.39 is 24.0 Å². The smallest absolute Gasteiger partial charge is 0.255 e. The topological polar surface area (TPSA) is 108 Å². The van der Waals surface area contributed by atoms with Crippen molar-refractivity contribution < 1.29 is 13.9 Å². The number of hydrogen-bond acceptors (Lipinski definition) is 5. The summed E-state index contributed by atoms with van der Waals surface area (Å²) in [5.41, 5.74) is 0.0456. The summed E-state index contributed by atoms with van der Waals surface area (Å²) >= 11 is 0. The average Bonchev–Trinajstić information content (AvgIpc) is 2.98. The van der Waals surface area contributed by atoms with E-state index in [9.17, 15) is 19.2 Å². The number of aromatic amines is 1. The Hall–Kier alpha value is -3.47. The number of carbonyl (C=O) groups is 1. The van der Waals surface area contributed by atoms with Crippen LogP contribution in [0.3, 0.4) is 0 Å².